The summed E-state index contributed by atoms with van der Waals surface area (Å²) in [5, 5.41) is 4.71. The first-order valence-corrected chi connectivity index (χ1v) is 10.4. The largest absolute Gasteiger partial charge is 0.325 e. The zero-order chi connectivity index (χ0) is 16.4. The molecule has 23 heavy (non-hydrogen) atoms. The molecule has 1 aliphatic rings. The Kier molecular flexibility index (Phi) is 4.77. The molecule has 122 valence electrons. The van der Waals surface area contributed by atoms with E-state index < -0.39 is 10.0 Å². The van der Waals surface area contributed by atoms with E-state index in [0.717, 1.165) is 9.77 Å². The quantitative estimate of drug-likeness (QED) is 0.870. The highest BCUT2D eigenvalue weighted by atomic mass is 32.2. The van der Waals surface area contributed by atoms with Gasteiger partial charge in [-0.1, -0.05) is 13.0 Å². The van der Waals surface area contributed by atoms with Crippen molar-refractivity contribution in [3.05, 3.63) is 40.6 Å². The lowest BCUT2D eigenvalue weighted by molar-refractivity contribution is -0.118. The van der Waals surface area contributed by atoms with E-state index in [9.17, 15) is 13.2 Å². The summed E-state index contributed by atoms with van der Waals surface area (Å²) in [5.41, 5.74) is 0.559. The first-order valence-electron chi connectivity index (χ1n) is 7.05. The van der Waals surface area contributed by atoms with Crippen LogP contribution in [-0.4, -0.2) is 20.1 Å². The van der Waals surface area contributed by atoms with Crippen molar-refractivity contribution in [1.82, 2.24) is 4.72 Å². The summed E-state index contributed by atoms with van der Waals surface area (Å²) in [7, 11) is -3.62. The second-order valence-electron chi connectivity index (χ2n) is 5.26. The van der Waals surface area contributed by atoms with E-state index in [-0.39, 0.29) is 23.3 Å². The van der Waals surface area contributed by atoms with Gasteiger partial charge in [-0.3, -0.25) is 4.79 Å². The van der Waals surface area contributed by atoms with Crippen molar-refractivity contribution in [2.45, 2.75) is 23.3 Å². The molecular formula is C15H16N2O3S3. The molecule has 1 unspecified atom stereocenters. The summed E-state index contributed by atoms with van der Waals surface area (Å²) < 4.78 is 27.4. The zero-order valence-electron chi connectivity index (χ0n) is 12.4. The highest BCUT2D eigenvalue weighted by Crippen LogP contribution is 2.34. The van der Waals surface area contributed by atoms with Crippen LogP contribution in [0.25, 0.3) is 0 Å². The van der Waals surface area contributed by atoms with Crippen LogP contribution in [0.1, 0.15) is 11.8 Å². The molecule has 3 rings (SSSR count). The van der Waals surface area contributed by atoms with Gasteiger partial charge in [0, 0.05) is 28.0 Å². The minimum absolute atomic E-state index is 0.0858. The third-order valence-corrected chi connectivity index (χ3v) is 7.08. The van der Waals surface area contributed by atoms with Gasteiger partial charge in [0.1, 0.15) is 0 Å². The molecular weight excluding hydrogens is 352 g/mol. The molecule has 0 fully saturated rings. The SMILES string of the molecule is CC1CSc2ccc(S(=O)(=O)NCc3cccs3)cc2NC1=O. The normalized spacial score (nSPS) is 18.1. The van der Waals surface area contributed by atoms with Crippen LogP contribution in [0.4, 0.5) is 5.69 Å². The predicted octanol–water partition coefficient (Wildman–Crippen LogP) is 2.91. The third kappa shape index (κ3) is 3.77. The third-order valence-electron chi connectivity index (χ3n) is 3.47. The van der Waals surface area contributed by atoms with Crippen molar-refractivity contribution in [2.24, 2.45) is 5.92 Å². The topological polar surface area (TPSA) is 75.3 Å². The monoisotopic (exact) mass is 368 g/mol. The van der Waals surface area contributed by atoms with Gasteiger partial charge in [-0.15, -0.1) is 23.1 Å². The van der Waals surface area contributed by atoms with Gasteiger partial charge in [-0.2, -0.15) is 0 Å². The molecule has 8 heteroatoms. The number of sulfonamides is 1. The van der Waals surface area contributed by atoms with Crippen molar-refractivity contribution >= 4 is 44.7 Å². The Morgan fingerprint density at radius 2 is 2.17 bits per heavy atom. The van der Waals surface area contributed by atoms with E-state index >= 15 is 0 Å². The van der Waals surface area contributed by atoms with E-state index in [4.69, 9.17) is 0 Å². The summed E-state index contributed by atoms with van der Waals surface area (Å²) >= 11 is 3.05. The minimum atomic E-state index is -3.62. The second kappa shape index (κ2) is 6.64. The molecule has 5 nitrogen and oxygen atoms in total. The average Bonchev–Trinajstić information content (AvgIpc) is 3.00. The number of anilines is 1. The molecule has 0 saturated heterocycles. The number of thioether (sulfide) groups is 1. The molecule has 2 N–H and O–H groups in total. The molecule has 2 aromatic rings. The van der Waals surface area contributed by atoms with Crippen molar-refractivity contribution in [1.29, 1.82) is 0 Å². The van der Waals surface area contributed by atoms with E-state index in [1.165, 1.54) is 17.4 Å². The number of hydrogen-bond acceptors (Lipinski definition) is 5. The maximum absolute atomic E-state index is 12.4. The number of rotatable bonds is 4. The molecule has 1 aromatic heterocycles. The molecule has 0 aliphatic carbocycles. The maximum atomic E-state index is 12.4. The second-order valence-corrected chi connectivity index (χ2v) is 9.12. The summed E-state index contributed by atoms with van der Waals surface area (Å²) in [5.74, 6) is 0.489. The first kappa shape index (κ1) is 16.5. The lowest BCUT2D eigenvalue weighted by Gasteiger charge is -2.10. The van der Waals surface area contributed by atoms with Crippen LogP contribution in [0.15, 0.2) is 45.5 Å². The molecule has 1 aliphatic heterocycles. The van der Waals surface area contributed by atoms with Gasteiger partial charge in [0.05, 0.1) is 10.6 Å². The van der Waals surface area contributed by atoms with E-state index in [1.807, 2.05) is 24.4 Å². The Morgan fingerprint density at radius 3 is 2.91 bits per heavy atom. The Labute approximate surface area is 143 Å². The Bertz CT molecular complexity index is 816. The Balaban J connectivity index is 1.83. The molecule has 0 saturated carbocycles. The van der Waals surface area contributed by atoms with Crippen LogP contribution < -0.4 is 10.0 Å². The molecule has 1 aromatic carbocycles. The van der Waals surface area contributed by atoms with Gasteiger partial charge in [0.25, 0.3) is 0 Å². The van der Waals surface area contributed by atoms with Crippen LogP contribution in [0.3, 0.4) is 0 Å². The molecule has 1 atom stereocenters. The number of benzene rings is 1. The standard InChI is InChI=1S/C15H16N2O3S3/c1-10-9-22-14-5-4-12(7-13(14)17-15(10)18)23(19,20)16-8-11-3-2-6-21-11/h2-7,10,16H,8-9H2,1H3,(H,17,18). The van der Waals surface area contributed by atoms with E-state index in [1.54, 1.807) is 23.9 Å². The average molecular weight is 369 g/mol. The zero-order valence-corrected chi connectivity index (χ0v) is 14.9. The molecule has 0 bridgehead atoms. The van der Waals surface area contributed by atoms with Gasteiger partial charge in [0.2, 0.25) is 15.9 Å². The predicted molar refractivity (Wildman–Crippen MR) is 93.3 cm³/mol. The number of nitrogens with one attached hydrogen (secondary N) is 2. The Morgan fingerprint density at radius 1 is 1.35 bits per heavy atom. The highest BCUT2D eigenvalue weighted by molar-refractivity contribution is 7.99. The fourth-order valence-corrected chi connectivity index (χ4v) is 4.89. The van der Waals surface area contributed by atoms with Crippen molar-refractivity contribution in [2.75, 3.05) is 11.1 Å². The molecule has 1 amide bonds. The first-order chi connectivity index (χ1) is 11.0. The maximum Gasteiger partial charge on any atom is 0.240 e. The number of carbonyl (C=O) groups excluding carboxylic acids is 1. The van der Waals surface area contributed by atoms with Gasteiger partial charge < -0.3 is 5.32 Å². The van der Waals surface area contributed by atoms with Crippen LogP contribution >= 0.6 is 23.1 Å². The van der Waals surface area contributed by atoms with Crippen molar-refractivity contribution in [3.63, 3.8) is 0 Å². The smallest absolute Gasteiger partial charge is 0.240 e. The number of amides is 1. The number of hydrogen-bond donors (Lipinski definition) is 2. The summed E-state index contributed by atoms with van der Waals surface area (Å²) in [6.45, 7) is 2.11. The number of fused-ring (bicyclic) bond motifs is 1. The van der Waals surface area contributed by atoms with Gasteiger partial charge in [-0.25, -0.2) is 13.1 Å². The fourth-order valence-electron chi connectivity index (χ4n) is 2.11. The number of carbonyl (C=O) groups is 1. The fraction of sp³-hybridized carbons (Fsp3) is 0.267. The lowest BCUT2D eigenvalue weighted by atomic mass is 10.2. The summed E-state index contributed by atoms with van der Waals surface area (Å²) in [6.07, 6.45) is 0. The van der Waals surface area contributed by atoms with Gasteiger partial charge in [-0.05, 0) is 29.6 Å². The van der Waals surface area contributed by atoms with E-state index in [0.29, 0.717) is 11.4 Å². The molecule has 2 heterocycles. The van der Waals surface area contributed by atoms with Crippen molar-refractivity contribution < 1.29 is 13.2 Å². The molecule has 0 spiro atoms. The van der Waals surface area contributed by atoms with Crippen LogP contribution in [-0.2, 0) is 21.4 Å². The summed E-state index contributed by atoms with van der Waals surface area (Å²) in [4.78, 5) is 13.9. The molecule has 0 radical (unpaired) electrons. The van der Waals surface area contributed by atoms with Gasteiger partial charge in [0.15, 0.2) is 0 Å². The highest BCUT2D eigenvalue weighted by Gasteiger charge is 2.22. The Hall–Kier alpha value is -1.35. The summed E-state index contributed by atoms with van der Waals surface area (Å²) in [6, 6.07) is 8.60. The number of thiophene rings is 1. The van der Waals surface area contributed by atoms with Crippen molar-refractivity contribution in [3.8, 4) is 0 Å². The van der Waals surface area contributed by atoms with Crippen LogP contribution in [0.2, 0.25) is 0 Å². The van der Waals surface area contributed by atoms with Crippen LogP contribution in [0.5, 0.6) is 0 Å². The minimum Gasteiger partial charge on any atom is -0.325 e. The lowest BCUT2D eigenvalue weighted by Crippen LogP contribution is -2.23. The van der Waals surface area contributed by atoms with Gasteiger partial charge >= 0.3 is 0 Å². The van der Waals surface area contributed by atoms with E-state index in [2.05, 4.69) is 10.0 Å². The van der Waals surface area contributed by atoms with Crippen LogP contribution in [0, 0.1) is 5.92 Å².